The molecule has 2 aromatic rings. The van der Waals surface area contributed by atoms with Crippen LogP contribution in [-0.4, -0.2) is 35.4 Å². The van der Waals surface area contributed by atoms with Gasteiger partial charge in [-0.05, 0) is 61.7 Å². The first-order valence-corrected chi connectivity index (χ1v) is 10.5. The van der Waals surface area contributed by atoms with E-state index < -0.39 is 6.04 Å². The number of halogens is 2. The molecule has 1 N–H and O–H groups in total. The number of ether oxygens (including phenoxy) is 1. The molecular weight excluding hydrogens is 407 g/mol. The molecule has 0 heterocycles. The van der Waals surface area contributed by atoms with Gasteiger partial charge < -0.3 is 15.0 Å². The van der Waals surface area contributed by atoms with Crippen molar-refractivity contribution in [3.05, 3.63) is 64.9 Å². The number of hydrogen-bond acceptors (Lipinski definition) is 3. The molecule has 7 heteroatoms. The van der Waals surface area contributed by atoms with Crippen LogP contribution in [0, 0.1) is 5.82 Å². The lowest BCUT2D eigenvalue weighted by Crippen LogP contribution is -2.50. The molecule has 2 amide bonds. The second-order valence-electron chi connectivity index (χ2n) is 7.56. The zero-order chi connectivity index (χ0) is 21.5. The zero-order valence-corrected chi connectivity index (χ0v) is 17.7. The third kappa shape index (κ3) is 6.20. The third-order valence-corrected chi connectivity index (χ3v) is 5.52. The van der Waals surface area contributed by atoms with Crippen LogP contribution in [0.2, 0.25) is 5.02 Å². The summed E-state index contributed by atoms with van der Waals surface area (Å²) in [5, 5.41) is 3.61. The number of amides is 2. The van der Waals surface area contributed by atoms with E-state index in [2.05, 4.69) is 5.32 Å². The molecule has 0 saturated heterocycles. The van der Waals surface area contributed by atoms with Crippen LogP contribution in [0.3, 0.4) is 0 Å². The molecule has 2 aromatic carbocycles. The molecule has 1 aliphatic carbocycles. The van der Waals surface area contributed by atoms with Crippen LogP contribution >= 0.6 is 11.6 Å². The van der Waals surface area contributed by atoms with Gasteiger partial charge in [0.1, 0.15) is 17.6 Å². The summed E-state index contributed by atoms with van der Waals surface area (Å²) >= 11 is 6.08. The standard InChI is InChI=1S/C23H26ClFN2O3/c1-16(23(29)26-20-7-2-3-8-20)27(14-17-5-4-6-18(24)13-17)22(28)15-30-21-11-9-19(25)10-12-21/h4-6,9-13,16,20H,2-3,7-8,14-15H2,1H3,(H,26,29). The van der Waals surface area contributed by atoms with Crippen molar-refractivity contribution in [2.75, 3.05) is 6.61 Å². The van der Waals surface area contributed by atoms with E-state index in [4.69, 9.17) is 16.3 Å². The molecule has 1 unspecified atom stereocenters. The van der Waals surface area contributed by atoms with Gasteiger partial charge in [0.15, 0.2) is 6.61 Å². The smallest absolute Gasteiger partial charge is 0.261 e. The Morgan fingerprint density at radius 2 is 1.90 bits per heavy atom. The van der Waals surface area contributed by atoms with E-state index in [9.17, 15) is 14.0 Å². The molecule has 1 atom stereocenters. The Kier molecular flexibility index (Phi) is 7.69. The first-order chi connectivity index (χ1) is 14.4. The van der Waals surface area contributed by atoms with E-state index in [1.54, 1.807) is 25.1 Å². The van der Waals surface area contributed by atoms with Crippen molar-refractivity contribution >= 4 is 23.4 Å². The Labute approximate surface area is 181 Å². The summed E-state index contributed by atoms with van der Waals surface area (Å²) in [7, 11) is 0. The van der Waals surface area contributed by atoms with Crippen LogP contribution in [0.4, 0.5) is 4.39 Å². The van der Waals surface area contributed by atoms with Crippen molar-refractivity contribution in [1.82, 2.24) is 10.2 Å². The molecule has 1 fully saturated rings. The van der Waals surface area contributed by atoms with E-state index in [0.717, 1.165) is 31.2 Å². The fourth-order valence-corrected chi connectivity index (χ4v) is 3.78. The average Bonchev–Trinajstić information content (AvgIpc) is 3.24. The number of nitrogens with zero attached hydrogens (tertiary/aromatic N) is 1. The van der Waals surface area contributed by atoms with E-state index in [1.807, 2.05) is 6.07 Å². The van der Waals surface area contributed by atoms with Gasteiger partial charge in [-0.1, -0.05) is 36.6 Å². The molecule has 5 nitrogen and oxygen atoms in total. The van der Waals surface area contributed by atoms with Crippen LogP contribution < -0.4 is 10.1 Å². The first-order valence-electron chi connectivity index (χ1n) is 10.1. The van der Waals surface area contributed by atoms with Crippen LogP contribution in [0.15, 0.2) is 48.5 Å². The Morgan fingerprint density at radius 1 is 1.20 bits per heavy atom. The summed E-state index contributed by atoms with van der Waals surface area (Å²) in [5.41, 5.74) is 0.818. The van der Waals surface area contributed by atoms with E-state index in [0.29, 0.717) is 10.8 Å². The van der Waals surface area contributed by atoms with Gasteiger partial charge in [-0.15, -0.1) is 0 Å². The number of rotatable bonds is 8. The molecule has 1 saturated carbocycles. The second kappa shape index (κ2) is 10.4. The predicted molar refractivity (Wildman–Crippen MR) is 114 cm³/mol. The number of benzene rings is 2. The molecular formula is C23H26ClFN2O3. The summed E-state index contributed by atoms with van der Waals surface area (Å²) in [6.45, 7) is 1.68. The van der Waals surface area contributed by atoms with Gasteiger partial charge in [-0.2, -0.15) is 0 Å². The summed E-state index contributed by atoms with van der Waals surface area (Å²) in [5.74, 6) is -0.517. The lowest BCUT2D eigenvalue weighted by molar-refractivity contribution is -0.142. The normalized spacial score (nSPS) is 14.9. The van der Waals surface area contributed by atoms with Gasteiger partial charge in [0, 0.05) is 17.6 Å². The van der Waals surface area contributed by atoms with E-state index in [-0.39, 0.29) is 36.8 Å². The molecule has 160 valence electrons. The highest BCUT2D eigenvalue weighted by molar-refractivity contribution is 6.30. The van der Waals surface area contributed by atoms with Crippen molar-refractivity contribution in [2.24, 2.45) is 0 Å². The van der Waals surface area contributed by atoms with Gasteiger partial charge in [0.25, 0.3) is 5.91 Å². The minimum absolute atomic E-state index is 0.165. The van der Waals surface area contributed by atoms with Gasteiger partial charge in [0.2, 0.25) is 5.91 Å². The molecule has 0 spiro atoms. The molecule has 0 aromatic heterocycles. The largest absolute Gasteiger partial charge is 0.484 e. The maximum absolute atomic E-state index is 13.1. The molecule has 1 aliphatic rings. The molecule has 0 aliphatic heterocycles. The van der Waals surface area contributed by atoms with Crippen molar-refractivity contribution in [2.45, 2.75) is 51.2 Å². The van der Waals surface area contributed by atoms with Crippen LogP contribution in [0.25, 0.3) is 0 Å². The minimum atomic E-state index is -0.672. The zero-order valence-electron chi connectivity index (χ0n) is 16.9. The highest BCUT2D eigenvalue weighted by Crippen LogP contribution is 2.19. The highest BCUT2D eigenvalue weighted by Gasteiger charge is 2.28. The van der Waals surface area contributed by atoms with Crippen molar-refractivity contribution < 1.29 is 18.7 Å². The van der Waals surface area contributed by atoms with Crippen molar-refractivity contribution in [3.8, 4) is 5.75 Å². The monoisotopic (exact) mass is 432 g/mol. The van der Waals surface area contributed by atoms with Gasteiger partial charge >= 0.3 is 0 Å². The van der Waals surface area contributed by atoms with E-state index >= 15 is 0 Å². The maximum atomic E-state index is 13.1. The molecule has 30 heavy (non-hydrogen) atoms. The maximum Gasteiger partial charge on any atom is 0.261 e. The number of nitrogens with one attached hydrogen (secondary N) is 1. The summed E-state index contributed by atoms with van der Waals surface area (Å²) in [6.07, 6.45) is 4.15. The summed E-state index contributed by atoms with van der Waals surface area (Å²) < 4.78 is 18.6. The summed E-state index contributed by atoms with van der Waals surface area (Å²) in [4.78, 5) is 27.3. The average molecular weight is 433 g/mol. The fraction of sp³-hybridized carbons (Fsp3) is 0.391. The van der Waals surface area contributed by atoms with Crippen LogP contribution in [-0.2, 0) is 16.1 Å². The van der Waals surface area contributed by atoms with Crippen molar-refractivity contribution in [1.29, 1.82) is 0 Å². The predicted octanol–water partition coefficient (Wildman–Crippen LogP) is 4.33. The lowest BCUT2D eigenvalue weighted by atomic mass is 10.1. The highest BCUT2D eigenvalue weighted by atomic mass is 35.5. The Hall–Kier alpha value is -2.60. The Bertz CT molecular complexity index is 869. The Morgan fingerprint density at radius 3 is 2.57 bits per heavy atom. The Balaban J connectivity index is 1.70. The fourth-order valence-electron chi connectivity index (χ4n) is 3.57. The summed E-state index contributed by atoms with van der Waals surface area (Å²) in [6, 6.07) is 12.1. The number of carbonyl (C=O) groups is 2. The van der Waals surface area contributed by atoms with Crippen molar-refractivity contribution in [3.63, 3.8) is 0 Å². The molecule has 3 rings (SSSR count). The topological polar surface area (TPSA) is 58.6 Å². The van der Waals surface area contributed by atoms with Crippen LogP contribution in [0.1, 0.15) is 38.2 Å². The lowest BCUT2D eigenvalue weighted by Gasteiger charge is -2.29. The number of carbonyl (C=O) groups excluding carboxylic acids is 2. The van der Waals surface area contributed by atoms with Gasteiger partial charge in [0.05, 0.1) is 0 Å². The van der Waals surface area contributed by atoms with Gasteiger partial charge in [-0.25, -0.2) is 4.39 Å². The molecule has 0 bridgehead atoms. The SMILES string of the molecule is CC(C(=O)NC1CCCC1)N(Cc1cccc(Cl)c1)C(=O)COc1ccc(F)cc1. The minimum Gasteiger partial charge on any atom is -0.484 e. The van der Waals surface area contributed by atoms with Gasteiger partial charge in [-0.3, -0.25) is 9.59 Å². The molecule has 0 radical (unpaired) electrons. The quantitative estimate of drug-likeness (QED) is 0.675. The third-order valence-electron chi connectivity index (χ3n) is 5.29. The van der Waals surface area contributed by atoms with E-state index in [1.165, 1.54) is 29.2 Å². The first kappa shape index (κ1) is 22.1. The van der Waals surface area contributed by atoms with Crippen LogP contribution in [0.5, 0.6) is 5.75 Å². The number of hydrogen-bond donors (Lipinski definition) is 1. The second-order valence-corrected chi connectivity index (χ2v) is 8.00.